The Balaban J connectivity index is 1.97. The highest BCUT2D eigenvalue weighted by Gasteiger charge is 2.34. The Morgan fingerprint density at radius 3 is 2.89 bits per heavy atom. The van der Waals surface area contributed by atoms with Crippen molar-refractivity contribution in [2.45, 2.75) is 31.6 Å². The molecule has 1 aromatic heterocycles. The SMILES string of the molecule is CC(C)S(=O)(=O)N1CC[C@@H](Oc2ccncn2)C1. The maximum absolute atomic E-state index is 12.0. The van der Waals surface area contributed by atoms with Gasteiger partial charge in [0.2, 0.25) is 15.9 Å². The van der Waals surface area contributed by atoms with Crippen LogP contribution in [0.3, 0.4) is 0 Å². The molecule has 0 saturated carbocycles. The highest BCUT2D eigenvalue weighted by atomic mass is 32.2. The summed E-state index contributed by atoms with van der Waals surface area (Å²) in [6.45, 7) is 4.28. The molecule has 0 aliphatic carbocycles. The second-order valence-corrected chi connectivity index (χ2v) is 7.02. The van der Waals surface area contributed by atoms with Gasteiger partial charge in [0.15, 0.2) is 0 Å². The number of ether oxygens (including phenoxy) is 1. The average molecular weight is 271 g/mol. The Morgan fingerprint density at radius 2 is 2.28 bits per heavy atom. The zero-order valence-corrected chi connectivity index (χ0v) is 11.3. The van der Waals surface area contributed by atoms with Gasteiger partial charge >= 0.3 is 0 Å². The molecule has 1 aliphatic heterocycles. The van der Waals surface area contributed by atoms with Crippen LogP contribution in [0.15, 0.2) is 18.6 Å². The Hall–Kier alpha value is -1.21. The first kappa shape index (κ1) is 13.2. The molecule has 0 amide bonds. The molecule has 7 heteroatoms. The average Bonchev–Trinajstić information content (AvgIpc) is 2.79. The van der Waals surface area contributed by atoms with Gasteiger partial charge in [-0.05, 0) is 20.3 Å². The van der Waals surface area contributed by atoms with E-state index in [1.807, 2.05) is 0 Å². The summed E-state index contributed by atoms with van der Waals surface area (Å²) < 4.78 is 31.1. The normalized spacial score (nSPS) is 21.4. The van der Waals surface area contributed by atoms with Gasteiger partial charge in [0.25, 0.3) is 0 Å². The van der Waals surface area contributed by atoms with Crippen molar-refractivity contribution in [3.05, 3.63) is 18.6 Å². The van der Waals surface area contributed by atoms with Gasteiger partial charge in [-0.15, -0.1) is 0 Å². The number of hydrogen-bond acceptors (Lipinski definition) is 5. The summed E-state index contributed by atoms with van der Waals surface area (Å²) in [6, 6.07) is 1.67. The summed E-state index contributed by atoms with van der Waals surface area (Å²) in [7, 11) is -3.18. The van der Waals surface area contributed by atoms with Gasteiger partial charge in [-0.25, -0.2) is 18.4 Å². The maximum Gasteiger partial charge on any atom is 0.216 e. The van der Waals surface area contributed by atoms with Crippen LogP contribution in [0.2, 0.25) is 0 Å². The summed E-state index contributed by atoms with van der Waals surface area (Å²) in [5.74, 6) is 0.485. The van der Waals surface area contributed by atoms with Crippen molar-refractivity contribution in [1.82, 2.24) is 14.3 Å². The van der Waals surface area contributed by atoms with E-state index < -0.39 is 15.3 Å². The van der Waals surface area contributed by atoms with Crippen LogP contribution in [0.25, 0.3) is 0 Å². The second kappa shape index (κ2) is 5.19. The molecule has 1 aromatic rings. The molecule has 2 heterocycles. The van der Waals surface area contributed by atoms with Crippen LogP contribution in [-0.2, 0) is 10.0 Å². The molecular weight excluding hydrogens is 254 g/mol. The van der Waals surface area contributed by atoms with Crippen LogP contribution in [0, 0.1) is 0 Å². The van der Waals surface area contributed by atoms with Gasteiger partial charge in [-0.1, -0.05) is 0 Å². The molecule has 100 valence electrons. The fourth-order valence-corrected chi connectivity index (χ4v) is 3.17. The van der Waals surface area contributed by atoms with Crippen LogP contribution >= 0.6 is 0 Å². The Morgan fingerprint density at radius 1 is 1.50 bits per heavy atom. The lowest BCUT2D eigenvalue weighted by Gasteiger charge is -2.19. The van der Waals surface area contributed by atoms with Crippen LogP contribution in [0.5, 0.6) is 5.88 Å². The summed E-state index contributed by atoms with van der Waals surface area (Å²) in [5, 5.41) is -0.393. The van der Waals surface area contributed by atoms with Crippen molar-refractivity contribution < 1.29 is 13.2 Å². The topological polar surface area (TPSA) is 72.4 Å². The fourth-order valence-electron chi connectivity index (χ4n) is 1.84. The predicted molar refractivity (Wildman–Crippen MR) is 66.7 cm³/mol. The van der Waals surface area contributed by atoms with E-state index >= 15 is 0 Å². The summed E-state index contributed by atoms with van der Waals surface area (Å²) in [6.07, 6.45) is 3.57. The molecule has 1 aliphatic rings. The van der Waals surface area contributed by atoms with E-state index in [2.05, 4.69) is 9.97 Å². The summed E-state index contributed by atoms with van der Waals surface area (Å²) >= 11 is 0. The Kier molecular flexibility index (Phi) is 3.82. The molecular formula is C11H17N3O3S. The van der Waals surface area contributed by atoms with Gasteiger partial charge in [0, 0.05) is 18.8 Å². The van der Waals surface area contributed by atoms with Crippen molar-refractivity contribution in [3.63, 3.8) is 0 Å². The third kappa shape index (κ3) is 2.78. The molecule has 0 spiro atoms. The van der Waals surface area contributed by atoms with E-state index in [0.29, 0.717) is 25.4 Å². The molecule has 1 atom stereocenters. The van der Waals surface area contributed by atoms with E-state index in [9.17, 15) is 8.42 Å². The molecule has 6 nitrogen and oxygen atoms in total. The first-order valence-electron chi connectivity index (χ1n) is 5.92. The number of nitrogens with zero attached hydrogens (tertiary/aromatic N) is 3. The molecule has 0 radical (unpaired) electrons. The van der Waals surface area contributed by atoms with Gasteiger partial charge < -0.3 is 4.74 Å². The molecule has 2 rings (SSSR count). The van der Waals surface area contributed by atoms with Crippen molar-refractivity contribution in [2.75, 3.05) is 13.1 Å². The van der Waals surface area contributed by atoms with Crippen molar-refractivity contribution in [1.29, 1.82) is 0 Å². The minimum Gasteiger partial charge on any atom is -0.473 e. The van der Waals surface area contributed by atoms with Crippen molar-refractivity contribution in [3.8, 4) is 5.88 Å². The van der Waals surface area contributed by atoms with Crippen LogP contribution < -0.4 is 4.74 Å². The summed E-state index contributed by atoms with van der Waals surface area (Å²) in [4.78, 5) is 7.76. The first-order valence-corrected chi connectivity index (χ1v) is 7.42. The van der Waals surface area contributed by atoms with E-state index in [4.69, 9.17) is 4.74 Å². The Labute approximate surface area is 107 Å². The monoisotopic (exact) mass is 271 g/mol. The van der Waals surface area contributed by atoms with E-state index in [1.54, 1.807) is 26.1 Å². The zero-order valence-electron chi connectivity index (χ0n) is 10.5. The van der Waals surface area contributed by atoms with Crippen LogP contribution in [0.1, 0.15) is 20.3 Å². The molecule has 18 heavy (non-hydrogen) atoms. The minimum atomic E-state index is -3.18. The molecule has 0 bridgehead atoms. The third-order valence-electron chi connectivity index (χ3n) is 2.91. The van der Waals surface area contributed by atoms with Crippen LogP contribution in [0.4, 0.5) is 0 Å². The number of rotatable bonds is 4. The van der Waals surface area contributed by atoms with Gasteiger partial charge in [0.05, 0.1) is 11.8 Å². The molecule has 0 unspecified atom stereocenters. The van der Waals surface area contributed by atoms with Gasteiger partial charge in [-0.2, -0.15) is 4.31 Å². The van der Waals surface area contributed by atoms with Crippen molar-refractivity contribution in [2.24, 2.45) is 0 Å². The largest absolute Gasteiger partial charge is 0.473 e. The standard InChI is InChI=1S/C11H17N3O3S/c1-9(2)18(15,16)14-6-4-10(7-14)17-11-3-5-12-8-13-11/h3,5,8-10H,4,6-7H2,1-2H3/t10-/m1/s1. The fraction of sp³-hybridized carbons (Fsp3) is 0.636. The van der Waals surface area contributed by atoms with E-state index in [1.165, 1.54) is 10.6 Å². The molecule has 1 fully saturated rings. The quantitative estimate of drug-likeness (QED) is 0.804. The number of hydrogen-bond donors (Lipinski definition) is 0. The van der Waals surface area contributed by atoms with E-state index in [-0.39, 0.29) is 6.10 Å². The molecule has 0 aromatic carbocycles. The zero-order chi connectivity index (χ0) is 13.2. The predicted octanol–water partition coefficient (Wildman–Crippen LogP) is 0.668. The Bertz CT molecular complexity index is 490. The lowest BCUT2D eigenvalue weighted by Crippen LogP contribution is -2.35. The smallest absolute Gasteiger partial charge is 0.216 e. The minimum absolute atomic E-state index is 0.131. The molecule has 0 N–H and O–H groups in total. The summed E-state index contributed by atoms with van der Waals surface area (Å²) in [5.41, 5.74) is 0. The maximum atomic E-state index is 12.0. The molecule has 1 saturated heterocycles. The highest BCUT2D eigenvalue weighted by molar-refractivity contribution is 7.89. The third-order valence-corrected chi connectivity index (χ3v) is 5.15. The van der Waals surface area contributed by atoms with E-state index in [0.717, 1.165) is 0 Å². The van der Waals surface area contributed by atoms with Crippen molar-refractivity contribution >= 4 is 10.0 Å². The lowest BCUT2D eigenvalue weighted by atomic mass is 10.3. The first-order chi connectivity index (χ1) is 8.50. The van der Waals surface area contributed by atoms with Gasteiger partial charge in [-0.3, -0.25) is 0 Å². The highest BCUT2D eigenvalue weighted by Crippen LogP contribution is 2.20. The number of aromatic nitrogens is 2. The van der Waals surface area contributed by atoms with Gasteiger partial charge in [0.1, 0.15) is 12.4 Å². The number of sulfonamides is 1. The van der Waals surface area contributed by atoms with Crippen LogP contribution in [-0.4, -0.2) is 47.1 Å². The second-order valence-electron chi connectivity index (χ2n) is 4.53. The lowest BCUT2D eigenvalue weighted by molar-refractivity contribution is 0.206.